The number of fused-ring (bicyclic) bond motifs is 2. The van der Waals surface area contributed by atoms with Crippen LogP contribution in [0.2, 0.25) is 0 Å². The smallest absolute Gasteiger partial charge is 0.262 e. The van der Waals surface area contributed by atoms with Gasteiger partial charge in [0, 0.05) is 12.3 Å². The highest BCUT2D eigenvalue weighted by atomic mass is 32.2. The van der Waals surface area contributed by atoms with E-state index >= 15 is 0 Å². The van der Waals surface area contributed by atoms with Gasteiger partial charge in [0.1, 0.15) is 0 Å². The number of benzene rings is 3. The molecule has 0 atom stereocenters. The van der Waals surface area contributed by atoms with Gasteiger partial charge in [0.25, 0.3) is 5.56 Å². The Hall–Kier alpha value is -3.10. The van der Waals surface area contributed by atoms with Crippen molar-refractivity contribution in [2.24, 2.45) is 0 Å². The van der Waals surface area contributed by atoms with Crippen molar-refractivity contribution in [2.75, 3.05) is 0 Å². The highest BCUT2D eigenvalue weighted by Crippen LogP contribution is 2.25. The van der Waals surface area contributed by atoms with E-state index in [1.807, 2.05) is 67.6 Å². The van der Waals surface area contributed by atoms with Crippen LogP contribution in [0.3, 0.4) is 0 Å². The third kappa shape index (κ3) is 3.32. The zero-order valence-electron chi connectivity index (χ0n) is 14.8. The molecule has 27 heavy (non-hydrogen) atoms. The Morgan fingerprint density at radius 1 is 1.07 bits per heavy atom. The van der Waals surface area contributed by atoms with Crippen LogP contribution in [0, 0.1) is 11.3 Å². The van der Waals surface area contributed by atoms with E-state index in [-0.39, 0.29) is 5.56 Å². The normalized spacial score (nSPS) is 11.0. The average molecular weight is 371 g/mol. The number of aromatic nitrogens is 2. The molecule has 132 valence electrons. The number of thioether (sulfide) groups is 1. The van der Waals surface area contributed by atoms with E-state index in [1.165, 1.54) is 0 Å². The summed E-state index contributed by atoms with van der Waals surface area (Å²) in [6.45, 7) is 2.53. The Morgan fingerprint density at radius 3 is 2.44 bits per heavy atom. The predicted octanol–water partition coefficient (Wildman–Crippen LogP) is 4.73. The first kappa shape index (κ1) is 17.3. The molecular formula is C22H17N3OS. The van der Waals surface area contributed by atoms with Gasteiger partial charge >= 0.3 is 0 Å². The Balaban J connectivity index is 1.75. The summed E-state index contributed by atoms with van der Waals surface area (Å²) in [6, 6.07) is 21.5. The first-order chi connectivity index (χ1) is 13.2. The summed E-state index contributed by atoms with van der Waals surface area (Å²) < 4.78 is 1.73. The van der Waals surface area contributed by atoms with Crippen molar-refractivity contribution in [1.82, 2.24) is 9.55 Å². The fraction of sp³-hybridized carbons (Fsp3) is 0.136. The summed E-state index contributed by atoms with van der Waals surface area (Å²) in [5.41, 5.74) is 2.46. The molecule has 0 saturated heterocycles. The lowest BCUT2D eigenvalue weighted by atomic mass is 10.1. The second-order valence-electron chi connectivity index (χ2n) is 6.26. The van der Waals surface area contributed by atoms with E-state index < -0.39 is 0 Å². The highest BCUT2D eigenvalue weighted by Gasteiger charge is 2.12. The third-order valence-electron chi connectivity index (χ3n) is 4.55. The Kier molecular flexibility index (Phi) is 4.66. The molecule has 4 rings (SSSR count). The molecule has 0 aliphatic heterocycles. The molecule has 0 aliphatic rings. The minimum Gasteiger partial charge on any atom is -0.287 e. The Labute approximate surface area is 161 Å². The molecule has 4 aromatic rings. The topological polar surface area (TPSA) is 58.7 Å². The first-order valence-electron chi connectivity index (χ1n) is 8.75. The van der Waals surface area contributed by atoms with Crippen LogP contribution in [0.25, 0.3) is 21.7 Å². The molecule has 0 spiro atoms. The number of hydrogen-bond donors (Lipinski definition) is 0. The summed E-state index contributed by atoms with van der Waals surface area (Å²) in [7, 11) is 0. The molecular weight excluding hydrogens is 354 g/mol. The number of nitrogens with zero attached hydrogens (tertiary/aromatic N) is 3. The fourth-order valence-corrected chi connectivity index (χ4v) is 4.12. The molecule has 3 aromatic carbocycles. The van der Waals surface area contributed by atoms with E-state index in [4.69, 9.17) is 10.2 Å². The maximum absolute atomic E-state index is 13.0. The van der Waals surface area contributed by atoms with Crippen molar-refractivity contribution in [3.05, 3.63) is 82.1 Å². The van der Waals surface area contributed by atoms with E-state index in [0.29, 0.717) is 23.2 Å². The van der Waals surface area contributed by atoms with E-state index in [2.05, 4.69) is 6.07 Å². The van der Waals surface area contributed by atoms with Gasteiger partial charge in [-0.25, -0.2) is 4.98 Å². The lowest BCUT2D eigenvalue weighted by Gasteiger charge is -2.12. The van der Waals surface area contributed by atoms with Crippen LogP contribution < -0.4 is 5.56 Å². The monoisotopic (exact) mass is 371 g/mol. The Bertz CT molecular complexity index is 1240. The van der Waals surface area contributed by atoms with Gasteiger partial charge in [-0.15, -0.1) is 0 Å². The maximum Gasteiger partial charge on any atom is 0.262 e. The van der Waals surface area contributed by atoms with Crippen molar-refractivity contribution in [3.63, 3.8) is 0 Å². The molecule has 1 aromatic heterocycles. The summed E-state index contributed by atoms with van der Waals surface area (Å²) in [5.74, 6) is 0.692. The van der Waals surface area contributed by atoms with Crippen LogP contribution in [-0.4, -0.2) is 9.55 Å². The lowest BCUT2D eigenvalue weighted by molar-refractivity contribution is 0.634. The molecule has 0 fully saturated rings. The minimum atomic E-state index is -0.00409. The van der Waals surface area contributed by atoms with Crippen LogP contribution >= 0.6 is 11.8 Å². The van der Waals surface area contributed by atoms with Gasteiger partial charge in [-0.1, -0.05) is 48.2 Å². The van der Waals surface area contributed by atoms with Gasteiger partial charge in [-0.2, -0.15) is 5.26 Å². The number of nitriles is 1. The SMILES string of the molecule is CCn1c(SCc2ccc(C#N)cc2)nc2cc3ccccc3cc2c1=O. The quantitative estimate of drug-likeness (QED) is 0.295. The molecule has 1 heterocycles. The van der Waals surface area contributed by atoms with Gasteiger partial charge in [0.2, 0.25) is 0 Å². The molecule has 0 N–H and O–H groups in total. The molecule has 0 unspecified atom stereocenters. The molecule has 4 nitrogen and oxygen atoms in total. The number of hydrogen-bond acceptors (Lipinski definition) is 4. The molecule has 0 radical (unpaired) electrons. The van der Waals surface area contributed by atoms with Crippen molar-refractivity contribution in [2.45, 2.75) is 24.4 Å². The van der Waals surface area contributed by atoms with Crippen molar-refractivity contribution in [1.29, 1.82) is 5.26 Å². The first-order valence-corrected chi connectivity index (χ1v) is 9.73. The molecule has 0 amide bonds. The van der Waals surface area contributed by atoms with Crippen LogP contribution in [0.1, 0.15) is 18.1 Å². The van der Waals surface area contributed by atoms with Crippen LogP contribution in [0.15, 0.2) is 70.6 Å². The van der Waals surface area contributed by atoms with Gasteiger partial charge in [0.05, 0.1) is 22.5 Å². The molecule has 5 heteroatoms. The van der Waals surface area contributed by atoms with Crippen molar-refractivity contribution >= 4 is 33.4 Å². The minimum absolute atomic E-state index is 0.00409. The van der Waals surface area contributed by atoms with Crippen LogP contribution in [0.4, 0.5) is 0 Å². The predicted molar refractivity (Wildman–Crippen MR) is 110 cm³/mol. The largest absolute Gasteiger partial charge is 0.287 e. The molecule has 0 bridgehead atoms. The van der Waals surface area contributed by atoms with E-state index in [9.17, 15) is 4.79 Å². The summed E-state index contributed by atoms with van der Waals surface area (Å²) in [4.78, 5) is 17.8. The second kappa shape index (κ2) is 7.26. The van der Waals surface area contributed by atoms with E-state index in [0.717, 1.165) is 27.0 Å². The zero-order chi connectivity index (χ0) is 18.8. The van der Waals surface area contributed by atoms with Crippen molar-refractivity contribution < 1.29 is 0 Å². The highest BCUT2D eigenvalue weighted by molar-refractivity contribution is 7.98. The third-order valence-corrected chi connectivity index (χ3v) is 5.60. The molecule has 0 saturated carbocycles. The van der Waals surface area contributed by atoms with Gasteiger partial charge in [-0.3, -0.25) is 9.36 Å². The average Bonchev–Trinajstić information content (AvgIpc) is 2.71. The fourth-order valence-electron chi connectivity index (χ4n) is 3.10. The van der Waals surface area contributed by atoms with E-state index in [1.54, 1.807) is 16.3 Å². The maximum atomic E-state index is 13.0. The standard InChI is InChI=1S/C22H17N3OS/c1-2-25-21(26)19-11-17-5-3-4-6-18(17)12-20(19)24-22(25)27-14-16-9-7-15(13-23)8-10-16/h3-12H,2,14H2,1H3. The second-order valence-corrected chi connectivity index (χ2v) is 7.20. The zero-order valence-corrected chi connectivity index (χ0v) is 15.7. The van der Waals surface area contributed by atoms with Gasteiger partial charge in [0.15, 0.2) is 5.16 Å². The van der Waals surface area contributed by atoms with Crippen molar-refractivity contribution in [3.8, 4) is 6.07 Å². The molecule has 0 aliphatic carbocycles. The van der Waals surface area contributed by atoms with Gasteiger partial charge < -0.3 is 0 Å². The van der Waals surface area contributed by atoms with Gasteiger partial charge in [-0.05, 0) is 47.5 Å². The Morgan fingerprint density at radius 2 is 1.78 bits per heavy atom. The summed E-state index contributed by atoms with van der Waals surface area (Å²) in [5, 5.41) is 12.4. The number of rotatable bonds is 4. The lowest BCUT2D eigenvalue weighted by Crippen LogP contribution is -2.22. The summed E-state index contributed by atoms with van der Waals surface area (Å²) in [6.07, 6.45) is 0. The summed E-state index contributed by atoms with van der Waals surface area (Å²) >= 11 is 1.54. The van der Waals surface area contributed by atoms with Crippen LogP contribution in [-0.2, 0) is 12.3 Å². The van der Waals surface area contributed by atoms with Crippen LogP contribution in [0.5, 0.6) is 0 Å².